The van der Waals surface area contributed by atoms with Gasteiger partial charge in [-0.3, -0.25) is 4.90 Å². The van der Waals surface area contributed by atoms with Crippen LogP contribution in [0.15, 0.2) is 43.0 Å². The second-order valence-corrected chi connectivity index (χ2v) is 5.04. The van der Waals surface area contributed by atoms with E-state index in [4.69, 9.17) is 5.73 Å². The molecule has 1 aromatic rings. The highest BCUT2D eigenvalue weighted by molar-refractivity contribution is 5.27. The molecular formula is C17H28N2. The number of hydrogen-bond donors (Lipinski definition) is 1. The summed E-state index contributed by atoms with van der Waals surface area (Å²) in [6.45, 7) is 12.6. The highest BCUT2D eigenvalue weighted by Crippen LogP contribution is 2.31. The standard InChI is InChI=1S/C17H28N2/c1-5-14-17(18,15-12-10-9-11-13-15)16(6-2)19(7-3)8-4/h5,9-13,16H,1,6-8,14,18H2,2-4H3. The smallest absolute Gasteiger partial charge is 0.0601 e. The molecule has 0 aliphatic heterocycles. The molecule has 2 nitrogen and oxygen atoms in total. The summed E-state index contributed by atoms with van der Waals surface area (Å²) in [5.41, 5.74) is 7.67. The predicted octanol–water partition coefficient (Wildman–Crippen LogP) is 3.54. The minimum absolute atomic E-state index is 0.336. The highest BCUT2D eigenvalue weighted by atomic mass is 15.2. The molecule has 2 heteroatoms. The summed E-state index contributed by atoms with van der Waals surface area (Å²) in [5.74, 6) is 0. The SMILES string of the molecule is C=CCC(N)(c1ccccc1)C(CC)N(CC)CC. The van der Waals surface area contributed by atoms with Gasteiger partial charge < -0.3 is 5.73 Å². The molecule has 0 aliphatic carbocycles. The van der Waals surface area contributed by atoms with Crippen molar-refractivity contribution in [2.24, 2.45) is 5.73 Å². The van der Waals surface area contributed by atoms with Crippen molar-refractivity contribution in [1.29, 1.82) is 0 Å². The molecule has 0 saturated heterocycles. The van der Waals surface area contributed by atoms with Crippen LogP contribution in [-0.2, 0) is 5.54 Å². The fourth-order valence-corrected chi connectivity index (χ4v) is 3.05. The molecule has 0 radical (unpaired) electrons. The summed E-state index contributed by atoms with van der Waals surface area (Å²) in [6, 6.07) is 10.8. The molecule has 0 amide bonds. The van der Waals surface area contributed by atoms with E-state index in [0.29, 0.717) is 6.04 Å². The Bertz CT molecular complexity index is 370. The molecule has 0 saturated carbocycles. The van der Waals surface area contributed by atoms with Crippen molar-refractivity contribution in [1.82, 2.24) is 4.90 Å². The van der Waals surface area contributed by atoms with Crippen LogP contribution in [0, 0.1) is 0 Å². The number of likely N-dealkylation sites (N-methyl/N-ethyl adjacent to an activating group) is 1. The first-order valence-corrected chi connectivity index (χ1v) is 7.33. The van der Waals surface area contributed by atoms with Crippen molar-refractivity contribution in [2.45, 2.75) is 45.2 Å². The van der Waals surface area contributed by atoms with Crippen molar-refractivity contribution >= 4 is 0 Å². The first kappa shape index (κ1) is 15.9. The van der Waals surface area contributed by atoms with E-state index in [1.54, 1.807) is 0 Å². The Hall–Kier alpha value is -1.12. The maximum absolute atomic E-state index is 6.82. The lowest BCUT2D eigenvalue weighted by molar-refractivity contribution is 0.125. The molecule has 2 unspecified atom stereocenters. The van der Waals surface area contributed by atoms with E-state index < -0.39 is 0 Å². The molecule has 1 rings (SSSR count). The highest BCUT2D eigenvalue weighted by Gasteiger charge is 2.37. The van der Waals surface area contributed by atoms with Gasteiger partial charge in [0, 0.05) is 6.04 Å². The van der Waals surface area contributed by atoms with E-state index in [1.165, 1.54) is 5.56 Å². The first-order valence-electron chi connectivity index (χ1n) is 7.33. The molecular weight excluding hydrogens is 232 g/mol. The Balaban J connectivity index is 3.19. The second kappa shape index (κ2) is 7.46. The van der Waals surface area contributed by atoms with E-state index in [1.807, 2.05) is 12.1 Å². The monoisotopic (exact) mass is 260 g/mol. The molecule has 0 fully saturated rings. The van der Waals surface area contributed by atoms with E-state index >= 15 is 0 Å². The quantitative estimate of drug-likeness (QED) is 0.724. The molecule has 0 heterocycles. The first-order chi connectivity index (χ1) is 9.13. The summed E-state index contributed by atoms with van der Waals surface area (Å²) in [7, 11) is 0. The van der Waals surface area contributed by atoms with Crippen LogP contribution in [0.2, 0.25) is 0 Å². The minimum atomic E-state index is -0.357. The molecule has 0 aliphatic rings. The third kappa shape index (κ3) is 3.46. The number of nitrogens with zero attached hydrogens (tertiary/aromatic N) is 1. The van der Waals surface area contributed by atoms with Gasteiger partial charge in [-0.25, -0.2) is 0 Å². The predicted molar refractivity (Wildman–Crippen MR) is 84.1 cm³/mol. The number of rotatable bonds is 8. The number of hydrogen-bond acceptors (Lipinski definition) is 2. The van der Waals surface area contributed by atoms with Crippen LogP contribution in [0.25, 0.3) is 0 Å². The summed E-state index contributed by atoms with van der Waals surface area (Å²) in [4.78, 5) is 2.45. The van der Waals surface area contributed by atoms with E-state index in [2.05, 4.69) is 56.5 Å². The number of nitrogens with two attached hydrogens (primary N) is 1. The van der Waals surface area contributed by atoms with Crippen molar-refractivity contribution in [3.63, 3.8) is 0 Å². The summed E-state index contributed by atoms with van der Waals surface area (Å²) >= 11 is 0. The Morgan fingerprint density at radius 1 is 1.21 bits per heavy atom. The van der Waals surface area contributed by atoms with Gasteiger partial charge in [0.25, 0.3) is 0 Å². The fourth-order valence-electron chi connectivity index (χ4n) is 3.05. The summed E-state index contributed by atoms with van der Waals surface area (Å²) in [6.07, 6.45) is 3.78. The molecule has 2 N–H and O–H groups in total. The van der Waals surface area contributed by atoms with Gasteiger partial charge in [0.05, 0.1) is 5.54 Å². The largest absolute Gasteiger partial charge is 0.320 e. The molecule has 106 valence electrons. The van der Waals surface area contributed by atoms with Crippen LogP contribution in [0.3, 0.4) is 0 Å². The Kier molecular flexibility index (Phi) is 6.26. The molecule has 0 aromatic heterocycles. The average Bonchev–Trinajstić information content (AvgIpc) is 2.45. The van der Waals surface area contributed by atoms with Crippen LogP contribution in [0.1, 0.15) is 39.2 Å². The Morgan fingerprint density at radius 2 is 1.79 bits per heavy atom. The van der Waals surface area contributed by atoms with Gasteiger partial charge >= 0.3 is 0 Å². The van der Waals surface area contributed by atoms with Gasteiger partial charge in [-0.2, -0.15) is 0 Å². The zero-order chi connectivity index (χ0) is 14.3. The third-order valence-corrected chi connectivity index (χ3v) is 4.03. The molecule has 2 atom stereocenters. The van der Waals surface area contributed by atoms with Crippen LogP contribution < -0.4 is 5.73 Å². The third-order valence-electron chi connectivity index (χ3n) is 4.03. The molecule has 1 aromatic carbocycles. The lowest BCUT2D eigenvalue weighted by Crippen LogP contribution is -2.55. The van der Waals surface area contributed by atoms with Crippen LogP contribution >= 0.6 is 0 Å². The van der Waals surface area contributed by atoms with Gasteiger partial charge in [-0.15, -0.1) is 6.58 Å². The zero-order valence-electron chi connectivity index (χ0n) is 12.6. The van der Waals surface area contributed by atoms with Crippen molar-refractivity contribution in [3.05, 3.63) is 48.6 Å². The zero-order valence-corrected chi connectivity index (χ0v) is 12.6. The normalized spacial score (nSPS) is 16.1. The van der Waals surface area contributed by atoms with E-state index in [9.17, 15) is 0 Å². The van der Waals surface area contributed by atoms with Crippen LogP contribution in [0.4, 0.5) is 0 Å². The Labute approximate surface area is 118 Å². The van der Waals surface area contributed by atoms with Crippen molar-refractivity contribution < 1.29 is 0 Å². The van der Waals surface area contributed by atoms with Crippen molar-refractivity contribution in [2.75, 3.05) is 13.1 Å². The van der Waals surface area contributed by atoms with E-state index in [0.717, 1.165) is 25.9 Å². The van der Waals surface area contributed by atoms with Gasteiger partial charge in [-0.05, 0) is 31.5 Å². The molecule has 19 heavy (non-hydrogen) atoms. The Morgan fingerprint density at radius 3 is 2.21 bits per heavy atom. The summed E-state index contributed by atoms with van der Waals surface area (Å²) in [5, 5.41) is 0. The second-order valence-electron chi connectivity index (χ2n) is 5.04. The maximum atomic E-state index is 6.82. The summed E-state index contributed by atoms with van der Waals surface area (Å²) < 4.78 is 0. The average molecular weight is 260 g/mol. The molecule has 0 bridgehead atoms. The lowest BCUT2D eigenvalue weighted by Gasteiger charge is -2.43. The van der Waals surface area contributed by atoms with Crippen LogP contribution in [0.5, 0.6) is 0 Å². The fraction of sp³-hybridized carbons (Fsp3) is 0.529. The van der Waals surface area contributed by atoms with Gasteiger partial charge in [0.15, 0.2) is 0 Å². The number of benzene rings is 1. The molecule has 0 spiro atoms. The van der Waals surface area contributed by atoms with E-state index in [-0.39, 0.29) is 5.54 Å². The topological polar surface area (TPSA) is 29.3 Å². The maximum Gasteiger partial charge on any atom is 0.0601 e. The van der Waals surface area contributed by atoms with Crippen molar-refractivity contribution in [3.8, 4) is 0 Å². The minimum Gasteiger partial charge on any atom is -0.320 e. The van der Waals surface area contributed by atoms with Gasteiger partial charge in [-0.1, -0.05) is 57.2 Å². The van der Waals surface area contributed by atoms with Crippen LogP contribution in [-0.4, -0.2) is 24.0 Å². The van der Waals surface area contributed by atoms with Gasteiger partial charge in [0.1, 0.15) is 0 Å². The lowest BCUT2D eigenvalue weighted by atomic mass is 9.78. The van der Waals surface area contributed by atoms with Gasteiger partial charge in [0.2, 0.25) is 0 Å².